The molecule has 0 amide bonds. The van der Waals surface area contributed by atoms with E-state index in [1.54, 1.807) is 24.4 Å². The zero-order valence-electron chi connectivity index (χ0n) is 14.2. The maximum atomic E-state index is 10.3. The Hall–Kier alpha value is -2.34. The molecule has 26 heavy (non-hydrogen) atoms. The normalized spacial score (nSPS) is 11.0. The van der Waals surface area contributed by atoms with Crippen LogP contribution in [0.25, 0.3) is 5.57 Å². The van der Waals surface area contributed by atoms with Gasteiger partial charge in [-0.25, -0.2) is 0 Å². The van der Waals surface area contributed by atoms with E-state index in [2.05, 4.69) is 4.99 Å². The van der Waals surface area contributed by atoms with Crippen molar-refractivity contribution in [3.05, 3.63) is 69.8 Å². The van der Waals surface area contributed by atoms with Crippen LogP contribution in [0.2, 0.25) is 10.0 Å². The molecule has 0 heterocycles. The number of nitrogens with two attached hydrogens (primary N) is 1. The average molecular weight is 395 g/mol. The van der Waals surface area contributed by atoms with E-state index in [4.69, 9.17) is 38.8 Å². The molecule has 138 valence electrons. The number of rotatable bonds is 7. The second-order valence-corrected chi connectivity index (χ2v) is 5.61. The summed E-state index contributed by atoms with van der Waals surface area (Å²) in [6.07, 6.45) is 3.70. The van der Waals surface area contributed by atoms with E-state index in [0.29, 0.717) is 21.4 Å². The number of halogens is 2. The van der Waals surface area contributed by atoms with Crippen molar-refractivity contribution in [2.75, 3.05) is 13.7 Å². The van der Waals surface area contributed by atoms with Gasteiger partial charge in [0.05, 0.1) is 6.54 Å². The molecule has 0 aliphatic rings. The van der Waals surface area contributed by atoms with E-state index < -0.39 is 0 Å². The molecule has 0 aliphatic heterocycles. The molecule has 2 aromatic rings. The van der Waals surface area contributed by atoms with Crippen molar-refractivity contribution in [2.24, 2.45) is 10.7 Å². The van der Waals surface area contributed by atoms with Crippen LogP contribution in [0.15, 0.2) is 53.7 Å². The molecule has 2 aromatic carbocycles. The van der Waals surface area contributed by atoms with Gasteiger partial charge in [-0.15, -0.1) is 0 Å². The van der Waals surface area contributed by atoms with E-state index in [1.807, 2.05) is 24.3 Å². The zero-order chi connectivity index (χ0) is 19.4. The molecule has 0 unspecified atom stereocenters. The number of allylic oxidation sites excluding steroid dienone is 1. The molecule has 7 heteroatoms. The average Bonchev–Trinajstić information content (AvgIpc) is 2.67. The highest BCUT2D eigenvalue weighted by atomic mass is 35.5. The minimum absolute atomic E-state index is 0.0958. The summed E-state index contributed by atoms with van der Waals surface area (Å²) in [6, 6.07) is 12.7. The Morgan fingerprint density at radius 2 is 1.85 bits per heavy atom. The van der Waals surface area contributed by atoms with E-state index in [0.717, 1.165) is 24.5 Å². The van der Waals surface area contributed by atoms with Gasteiger partial charge < -0.3 is 20.4 Å². The molecule has 0 saturated carbocycles. The Bertz CT molecular complexity index is 757. The number of aldehydes is 1. The van der Waals surface area contributed by atoms with Gasteiger partial charge in [-0.2, -0.15) is 0 Å². The third-order valence-corrected chi connectivity index (χ3v) is 3.91. The first-order chi connectivity index (χ1) is 12.7. The Labute approximate surface area is 162 Å². The van der Waals surface area contributed by atoms with Gasteiger partial charge in [0.1, 0.15) is 18.6 Å². The number of hydrogen-bond acceptors (Lipinski definition) is 5. The third-order valence-electron chi connectivity index (χ3n) is 3.20. The summed E-state index contributed by atoms with van der Waals surface area (Å²) < 4.78 is 5.78. The zero-order valence-corrected chi connectivity index (χ0v) is 15.7. The van der Waals surface area contributed by atoms with Crippen LogP contribution in [0.1, 0.15) is 11.1 Å². The molecule has 0 saturated heterocycles. The number of benzene rings is 2. The lowest BCUT2D eigenvalue weighted by Gasteiger charge is -2.11. The topological polar surface area (TPSA) is 84.9 Å². The van der Waals surface area contributed by atoms with Crippen LogP contribution in [0.5, 0.6) is 5.75 Å². The molecule has 2 rings (SSSR count). The van der Waals surface area contributed by atoms with Crippen molar-refractivity contribution in [2.45, 2.75) is 6.61 Å². The Balaban J connectivity index is 0.00000163. The minimum Gasteiger partial charge on any atom is -0.489 e. The predicted octanol–water partition coefficient (Wildman–Crippen LogP) is 3.75. The largest absolute Gasteiger partial charge is 0.489 e. The Morgan fingerprint density at radius 1 is 1.19 bits per heavy atom. The first kappa shape index (κ1) is 21.7. The van der Waals surface area contributed by atoms with Crippen LogP contribution in [-0.4, -0.2) is 31.3 Å². The number of nitrogens with zero attached hydrogens (tertiary/aromatic N) is 1. The second-order valence-electron chi connectivity index (χ2n) is 4.80. The highest BCUT2D eigenvalue weighted by molar-refractivity contribution is 6.35. The molecule has 3 N–H and O–H groups in total. The molecule has 0 aliphatic carbocycles. The van der Waals surface area contributed by atoms with Gasteiger partial charge >= 0.3 is 0 Å². The third kappa shape index (κ3) is 6.52. The lowest BCUT2D eigenvalue weighted by atomic mass is 10.1. The van der Waals surface area contributed by atoms with Gasteiger partial charge in [0.2, 0.25) is 0 Å². The van der Waals surface area contributed by atoms with Gasteiger partial charge in [0, 0.05) is 40.7 Å². The predicted molar refractivity (Wildman–Crippen MR) is 107 cm³/mol. The van der Waals surface area contributed by atoms with Crippen LogP contribution in [0.4, 0.5) is 0 Å². The van der Waals surface area contributed by atoms with E-state index >= 15 is 0 Å². The number of ether oxygens (including phenoxy) is 1. The standard InChI is InChI=1S/C18H16Cl2N2O2.CH4O/c19-17-5-2-6-18(20)16(17)12-24-15-4-1-3-13(9-15)14(10-21)11-22-7-8-23;1-2/h1-6,8-11H,7,12,21H2;2H,1H3/b14-10+,22-11?;. The van der Waals surface area contributed by atoms with Crippen molar-refractivity contribution >= 4 is 41.3 Å². The van der Waals surface area contributed by atoms with Crippen LogP contribution in [0.3, 0.4) is 0 Å². The molecule has 0 fully saturated rings. The van der Waals surface area contributed by atoms with E-state index in [-0.39, 0.29) is 13.2 Å². The Morgan fingerprint density at radius 3 is 2.46 bits per heavy atom. The maximum Gasteiger partial charge on any atom is 0.141 e. The number of aliphatic imine (C=N–C) groups is 1. The maximum absolute atomic E-state index is 10.3. The number of aliphatic hydroxyl groups is 1. The summed E-state index contributed by atoms with van der Waals surface area (Å²) in [5.74, 6) is 0.645. The SMILES string of the molecule is CO.N/C=C(\C=NCC=O)c1cccc(OCc2c(Cl)cccc2Cl)c1. The van der Waals surface area contributed by atoms with Crippen LogP contribution < -0.4 is 10.5 Å². The van der Waals surface area contributed by atoms with Crippen molar-refractivity contribution in [3.63, 3.8) is 0 Å². The van der Waals surface area contributed by atoms with Crippen molar-refractivity contribution in [1.29, 1.82) is 0 Å². The lowest BCUT2D eigenvalue weighted by Crippen LogP contribution is -1.98. The molecule has 0 bridgehead atoms. The molecule has 0 radical (unpaired) electrons. The van der Waals surface area contributed by atoms with Crippen LogP contribution in [0, 0.1) is 0 Å². The van der Waals surface area contributed by atoms with Gasteiger partial charge in [-0.05, 0) is 29.8 Å². The van der Waals surface area contributed by atoms with Crippen molar-refractivity contribution < 1.29 is 14.6 Å². The number of hydrogen-bond donors (Lipinski definition) is 2. The molecular weight excluding hydrogens is 375 g/mol. The highest BCUT2D eigenvalue weighted by Crippen LogP contribution is 2.26. The van der Waals surface area contributed by atoms with E-state index in [1.165, 1.54) is 6.20 Å². The van der Waals surface area contributed by atoms with Crippen molar-refractivity contribution in [1.82, 2.24) is 0 Å². The summed E-state index contributed by atoms with van der Waals surface area (Å²) in [5.41, 5.74) is 7.88. The van der Waals surface area contributed by atoms with Gasteiger partial charge in [0.25, 0.3) is 0 Å². The smallest absolute Gasteiger partial charge is 0.141 e. The van der Waals surface area contributed by atoms with Gasteiger partial charge in [-0.3, -0.25) is 4.99 Å². The fourth-order valence-electron chi connectivity index (χ4n) is 2.00. The summed E-state index contributed by atoms with van der Waals surface area (Å²) >= 11 is 12.3. The van der Waals surface area contributed by atoms with E-state index in [9.17, 15) is 4.79 Å². The summed E-state index contributed by atoms with van der Waals surface area (Å²) in [4.78, 5) is 14.3. The number of aliphatic hydroxyl groups excluding tert-OH is 1. The summed E-state index contributed by atoms with van der Waals surface area (Å²) in [6.45, 7) is 0.349. The second kappa shape index (κ2) is 12.1. The fourth-order valence-corrected chi connectivity index (χ4v) is 2.51. The monoisotopic (exact) mass is 394 g/mol. The Kier molecular flexibility index (Phi) is 10.1. The molecular formula is C19H20Cl2N2O3. The first-order valence-electron chi connectivity index (χ1n) is 7.62. The molecule has 5 nitrogen and oxygen atoms in total. The van der Waals surface area contributed by atoms with Crippen LogP contribution in [-0.2, 0) is 11.4 Å². The fraction of sp³-hybridized carbons (Fsp3) is 0.158. The molecule has 0 aromatic heterocycles. The minimum atomic E-state index is 0.0958. The summed E-state index contributed by atoms with van der Waals surface area (Å²) in [5, 5.41) is 8.12. The number of carbonyl (C=O) groups excluding carboxylic acids is 1. The highest BCUT2D eigenvalue weighted by Gasteiger charge is 2.07. The van der Waals surface area contributed by atoms with Gasteiger partial charge in [-0.1, -0.05) is 41.4 Å². The lowest BCUT2D eigenvalue weighted by molar-refractivity contribution is -0.106. The number of carbonyl (C=O) groups is 1. The summed E-state index contributed by atoms with van der Waals surface area (Å²) in [7, 11) is 1.00. The molecule has 0 spiro atoms. The first-order valence-corrected chi connectivity index (χ1v) is 8.37. The van der Waals surface area contributed by atoms with Gasteiger partial charge in [0.15, 0.2) is 0 Å². The van der Waals surface area contributed by atoms with Crippen molar-refractivity contribution in [3.8, 4) is 5.75 Å². The molecule has 0 atom stereocenters. The quantitative estimate of drug-likeness (QED) is 0.552. The van der Waals surface area contributed by atoms with Crippen LogP contribution >= 0.6 is 23.2 Å².